The lowest BCUT2D eigenvalue weighted by atomic mass is 9.91. The summed E-state index contributed by atoms with van der Waals surface area (Å²) in [5, 5.41) is 1.69. The van der Waals surface area contributed by atoms with Gasteiger partial charge >= 0.3 is 5.97 Å². The van der Waals surface area contributed by atoms with E-state index in [1.54, 1.807) is 5.06 Å². The Balaban J connectivity index is 1.41. The molecule has 0 N–H and O–H groups in total. The smallest absolute Gasteiger partial charge is 0.328 e. The zero-order valence-corrected chi connectivity index (χ0v) is 21.4. The van der Waals surface area contributed by atoms with Crippen molar-refractivity contribution in [3.63, 3.8) is 0 Å². The quantitative estimate of drug-likeness (QED) is 0.259. The number of rotatable bonds is 7. The van der Waals surface area contributed by atoms with Gasteiger partial charge in [0, 0.05) is 14.1 Å². The van der Waals surface area contributed by atoms with Gasteiger partial charge in [-0.05, 0) is 45.3 Å². The molecular formula is C25H38N3O4P. The van der Waals surface area contributed by atoms with Crippen LogP contribution < -0.4 is 4.89 Å². The topological polar surface area (TPSA) is 68.1 Å². The minimum atomic E-state index is -2.64. The summed E-state index contributed by atoms with van der Waals surface area (Å²) in [6, 6.07) is 9.95. The van der Waals surface area contributed by atoms with Crippen molar-refractivity contribution in [1.82, 2.24) is 14.4 Å². The van der Waals surface area contributed by atoms with E-state index in [1.165, 1.54) is 12.8 Å². The minimum Gasteiger partial charge on any atom is -0.650 e. The maximum absolute atomic E-state index is 13.9. The largest absolute Gasteiger partial charge is 0.650 e. The Morgan fingerprint density at radius 3 is 2.30 bits per heavy atom. The molecule has 3 fully saturated rings. The molecule has 3 aliphatic rings. The summed E-state index contributed by atoms with van der Waals surface area (Å²) in [7, 11) is 1.38. The first-order valence-electron chi connectivity index (χ1n) is 12.0. The van der Waals surface area contributed by atoms with Crippen LogP contribution in [0.2, 0.25) is 0 Å². The fourth-order valence-electron chi connectivity index (χ4n) is 5.16. The molecule has 1 aromatic carbocycles. The van der Waals surface area contributed by atoms with Crippen molar-refractivity contribution in [2.24, 2.45) is 0 Å². The van der Waals surface area contributed by atoms with Gasteiger partial charge in [-0.3, -0.25) is 9.63 Å². The van der Waals surface area contributed by atoms with Crippen LogP contribution in [0.15, 0.2) is 42.5 Å². The normalized spacial score (nSPS) is 32.1. The Hall–Kier alpha value is -1.34. The van der Waals surface area contributed by atoms with Gasteiger partial charge in [-0.1, -0.05) is 49.2 Å². The Morgan fingerprint density at radius 2 is 1.73 bits per heavy atom. The number of hydroxylamine groups is 2. The lowest BCUT2D eigenvalue weighted by Gasteiger charge is -2.36. The maximum atomic E-state index is 13.9. The summed E-state index contributed by atoms with van der Waals surface area (Å²) in [5.41, 5.74) is 0.478. The number of benzene rings is 1. The van der Waals surface area contributed by atoms with Crippen LogP contribution >= 0.6 is 7.79 Å². The first kappa shape index (κ1) is 24.8. The summed E-state index contributed by atoms with van der Waals surface area (Å²) in [6.07, 6.45) is 9.05. The van der Waals surface area contributed by atoms with Crippen LogP contribution in [0.1, 0.15) is 52.0 Å². The average molecular weight is 476 g/mol. The van der Waals surface area contributed by atoms with Crippen LogP contribution in [-0.2, 0) is 21.0 Å². The van der Waals surface area contributed by atoms with Crippen molar-refractivity contribution in [1.29, 1.82) is 0 Å². The van der Waals surface area contributed by atoms with E-state index in [1.807, 2.05) is 77.4 Å². The molecule has 1 saturated carbocycles. The molecule has 2 heterocycles. The van der Waals surface area contributed by atoms with Crippen molar-refractivity contribution >= 4 is 13.8 Å². The molecular weight excluding hydrogens is 437 g/mol. The van der Waals surface area contributed by atoms with Crippen LogP contribution in [0.5, 0.6) is 0 Å². The first-order valence-corrected chi connectivity index (χ1v) is 13.8. The highest BCUT2D eigenvalue weighted by molar-refractivity contribution is 7.64. The summed E-state index contributed by atoms with van der Waals surface area (Å²) in [4.78, 5) is 32.6. The van der Waals surface area contributed by atoms with E-state index in [9.17, 15) is 9.69 Å². The Kier molecular flexibility index (Phi) is 7.30. The number of carbonyl (C=O) groups is 1. The van der Waals surface area contributed by atoms with Gasteiger partial charge in [0.2, 0.25) is 0 Å². The molecule has 0 amide bonds. The van der Waals surface area contributed by atoms with E-state index in [0.717, 1.165) is 18.4 Å². The molecule has 2 saturated heterocycles. The van der Waals surface area contributed by atoms with Gasteiger partial charge in [0.15, 0.2) is 6.04 Å². The molecule has 0 radical (unpaired) electrons. The fraction of sp³-hybridized carbons (Fsp3) is 0.640. The number of allylic oxidation sites excluding steroid dienone is 1. The van der Waals surface area contributed by atoms with Crippen molar-refractivity contribution in [2.45, 2.75) is 82.8 Å². The SMILES string of the molecule is CN1[C@@H]2CCCC[C@H]2N(C)[P+]1([O-])C/C=C/[C@@H]1[C@H](C(=O)OC(C)(C)C)N1OCc1ccccc1. The third-order valence-corrected chi connectivity index (χ3v) is 10.2. The second-order valence-corrected chi connectivity index (χ2v) is 13.4. The number of fused-ring (bicyclic) bond motifs is 1. The Bertz CT molecular complexity index is 841. The molecule has 0 spiro atoms. The number of likely N-dealkylation sites (N-methyl/N-ethyl adjacent to an activating group) is 2. The van der Waals surface area contributed by atoms with Gasteiger partial charge < -0.3 is 9.63 Å². The summed E-state index contributed by atoms with van der Waals surface area (Å²) >= 11 is 0. The van der Waals surface area contributed by atoms with Crippen molar-refractivity contribution < 1.29 is 19.3 Å². The number of carbonyl (C=O) groups excluding carboxylic acids is 1. The van der Waals surface area contributed by atoms with E-state index in [0.29, 0.717) is 24.9 Å². The molecule has 8 heteroatoms. The summed E-state index contributed by atoms with van der Waals surface area (Å²) < 4.78 is 9.86. The fourth-order valence-corrected chi connectivity index (χ4v) is 7.98. The molecule has 5 atom stereocenters. The van der Waals surface area contributed by atoms with Crippen LogP contribution in [0, 0.1) is 0 Å². The molecule has 1 aliphatic carbocycles. The second kappa shape index (κ2) is 9.73. The van der Waals surface area contributed by atoms with Gasteiger partial charge in [-0.15, -0.1) is 0 Å². The van der Waals surface area contributed by atoms with Crippen LogP contribution in [-0.4, -0.2) is 70.4 Å². The van der Waals surface area contributed by atoms with Crippen LogP contribution in [0.3, 0.4) is 0 Å². The molecule has 0 aromatic heterocycles. The average Bonchev–Trinajstić information content (AvgIpc) is 3.44. The Morgan fingerprint density at radius 1 is 1.12 bits per heavy atom. The number of esters is 1. The molecule has 7 nitrogen and oxygen atoms in total. The molecule has 1 aromatic rings. The van der Waals surface area contributed by atoms with Gasteiger partial charge in [0.05, 0.1) is 24.7 Å². The van der Waals surface area contributed by atoms with Crippen molar-refractivity contribution in [2.75, 3.05) is 20.3 Å². The highest BCUT2D eigenvalue weighted by atomic mass is 31.2. The maximum Gasteiger partial charge on any atom is 0.328 e. The van der Waals surface area contributed by atoms with Crippen molar-refractivity contribution in [3.05, 3.63) is 48.0 Å². The monoisotopic (exact) mass is 475 g/mol. The highest BCUT2D eigenvalue weighted by Gasteiger charge is 2.56. The third kappa shape index (κ3) is 5.34. The molecule has 182 valence electrons. The highest BCUT2D eigenvalue weighted by Crippen LogP contribution is 2.64. The lowest BCUT2D eigenvalue weighted by molar-refractivity contribution is -0.188. The second-order valence-electron chi connectivity index (χ2n) is 10.4. The number of hydrogen-bond donors (Lipinski definition) is 0. The zero-order chi connectivity index (χ0) is 23.8. The van der Waals surface area contributed by atoms with E-state index < -0.39 is 19.4 Å². The van der Waals surface area contributed by atoms with E-state index in [4.69, 9.17) is 9.57 Å². The van der Waals surface area contributed by atoms with Gasteiger partial charge in [0.25, 0.3) is 0 Å². The zero-order valence-electron chi connectivity index (χ0n) is 20.5. The summed E-state index contributed by atoms with van der Waals surface area (Å²) in [5.74, 6) is -0.294. The lowest BCUT2D eigenvalue weighted by Crippen LogP contribution is -2.37. The minimum absolute atomic E-state index is 0.212. The number of ether oxygens (including phenoxy) is 1. The number of hydrogen-bond acceptors (Lipinski definition) is 7. The first-order chi connectivity index (χ1) is 15.6. The molecule has 0 bridgehead atoms. The van der Waals surface area contributed by atoms with Gasteiger partial charge in [-0.2, -0.15) is 14.4 Å². The molecule has 4 rings (SSSR count). The summed E-state index contributed by atoms with van der Waals surface area (Å²) in [6.45, 7) is 5.98. The van der Waals surface area contributed by atoms with E-state index >= 15 is 0 Å². The molecule has 1 unspecified atom stereocenters. The van der Waals surface area contributed by atoms with Crippen LogP contribution in [0.25, 0.3) is 0 Å². The Labute approximate surface area is 198 Å². The van der Waals surface area contributed by atoms with Crippen molar-refractivity contribution in [3.8, 4) is 0 Å². The van der Waals surface area contributed by atoms with E-state index in [-0.39, 0.29) is 12.0 Å². The standard InChI is InChI=1S/C25H38N3O4P/c1-25(2,3)32-24(29)23-22(28(23)31-18-19-12-7-6-8-13-19)16-11-17-33(30)26(4)20-14-9-10-15-21(20)27(33)5/h6-8,11-13,16,20-23H,9-10,14-15,17-18H2,1-5H3/b16-11+/t20-,21-,22-,23-,28?/m1/s1. The van der Waals surface area contributed by atoms with E-state index in [2.05, 4.69) is 9.34 Å². The predicted molar refractivity (Wildman–Crippen MR) is 129 cm³/mol. The van der Waals surface area contributed by atoms with Gasteiger partial charge in [0.1, 0.15) is 19.6 Å². The predicted octanol–water partition coefficient (Wildman–Crippen LogP) is 3.38. The van der Waals surface area contributed by atoms with Gasteiger partial charge in [-0.25, -0.2) is 0 Å². The van der Waals surface area contributed by atoms with Crippen LogP contribution in [0.4, 0.5) is 0 Å². The molecule has 2 aliphatic heterocycles. The molecule has 33 heavy (non-hydrogen) atoms. The number of nitrogens with zero attached hydrogens (tertiary/aromatic N) is 3. The third-order valence-electron chi connectivity index (χ3n) is 6.99.